The number of nitrogens with zero attached hydrogens (tertiary/aromatic N) is 1. The zero-order valence-corrected chi connectivity index (χ0v) is 12.6. The molecule has 0 atom stereocenters. The molecular weight excluding hydrogens is 270 g/mol. The van der Waals surface area contributed by atoms with Crippen LogP contribution in [0.4, 0.5) is 0 Å². The maximum atomic E-state index is 10.8. The molecule has 0 radical (unpaired) electrons. The number of aryl methyl sites for hydroxylation is 1. The highest BCUT2D eigenvalue weighted by atomic mass is 16.5. The molecule has 5 heteroatoms. The second-order valence-corrected chi connectivity index (χ2v) is 6.07. The van der Waals surface area contributed by atoms with Crippen molar-refractivity contribution in [2.24, 2.45) is 5.92 Å². The Morgan fingerprint density at radius 3 is 2.57 bits per heavy atom. The zero-order valence-electron chi connectivity index (χ0n) is 12.6. The highest BCUT2D eigenvalue weighted by molar-refractivity contribution is 5.71. The highest BCUT2D eigenvalue weighted by Crippen LogP contribution is 2.38. The first-order valence-electron chi connectivity index (χ1n) is 7.21. The van der Waals surface area contributed by atoms with Crippen molar-refractivity contribution < 1.29 is 19.7 Å². The number of carboxylic acid groups (broad SMARTS) is 1. The van der Waals surface area contributed by atoms with E-state index in [0.717, 1.165) is 5.75 Å². The standard InChI is InChI=1S/C16H23NO4/c1-12-3-5-14(6-4-12)21-8-7-17(2)11-16(20)9-13(10-16)15(18)19/h3-6,13,20H,7-11H2,1-2H3,(H,18,19). The maximum absolute atomic E-state index is 10.8. The molecule has 1 fully saturated rings. The van der Waals surface area contributed by atoms with E-state index in [-0.39, 0.29) is 0 Å². The quantitative estimate of drug-likeness (QED) is 0.798. The van der Waals surface area contributed by atoms with Gasteiger partial charge in [0.2, 0.25) is 0 Å². The lowest BCUT2D eigenvalue weighted by Gasteiger charge is -2.43. The number of aliphatic carboxylic acids is 1. The largest absolute Gasteiger partial charge is 0.492 e. The molecule has 0 spiro atoms. The molecule has 0 unspecified atom stereocenters. The summed E-state index contributed by atoms with van der Waals surface area (Å²) in [6.07, 6.45) is 0.678. The van der Waals surface area contributed by atoms with Crippen LogP contribution in [0.15, 0.2) is 24.3 Å². The average molecular weight is 293 g/mol. The van der Waals surface area contributed by atoms with Gasteiger partial charge in [-0.1, -0.05) is 17.7 Å². The monoisotopic (exact) mass is 293 g/mol. The smallest absolute Gasteiger partial charge is 0.306 e. The molecule has 0 aromatic heterocycles. The molecule has 1 aliphatic carbocycles. The summed E-state index contributed by atoms with van der Waals surface area (Å²) in [7, 11) is 1.91. The van der Waals surface area contributed by atoms with Crippen molar-refractivity contribution in [2.75, 3.05) is 26.7 Å². The summed E-state index contributed by atoms with van der Waals surface area (Å²) in [6, 6.07) is 7.88. The van der Waals surface area contributed by atoms with Gasteiger partial charge in [-0.25, -0.2) is 0 Å². The molecule has 5 nitrogen and oxygen atoms in total. The Bertz CT molecular complexity index is 480. The van der Waals surface area contributed by atoms with Gasteiger partial charge in [-0.15, -0.1) is 0 Å². The second kappa shape index (κ2) is 6.45. The van der Waals surface area contributed by atoms with Crippen molar-refractivity contribution in [1.29, 1.82) is 0 Å². The number of likely N-dealkylation sites (N-methyl/N-ethyl adjacent to an activating group) is 1. The van der Waals surface area contributed by atoms with Crippen molar-refractivity contribution in [3.63, 3.8) is 0 Å². The third-order valence-electron chi connectivity index (χ3n) is 3.93. The van der Waals surface area contributed by atoms with Crippen molar-refractivity contribution in [3.05, 3.63) is 29.8 Å². The van der Waals surface area contributed by atoms with Gasteiger partial charge in [0.15, 0.2) is 0 Å². The Hall–Kier alpha value is -1.59. The average Bonchev–Trinajstić information content (AvgIpc) is 2.38. The van der Waals surface area contributed by atoms with E-state index in [4.69, 9.17) is 9.84 Å². The Morgan fingerprint density at radius 2 is 2.00 bits per heavy atom. The predicted octanol–water partition coefficient (Wildman–Crippen LogP) is 1.53. The summed E-state index contributed by atoms with van der Waals surface area (Å²) in [5.74, 6) is -0.375. The summed E-state index contributed by atoms with van der Waals surface area (Å²) < 4.78 is 5.64. The highest BCUT2D eigenvalue weighted by Gasteiger charge is 2.46. The van der Waals surface area contributed by atoms with Crippen LogP contribution in [0.25, 0.3) is 0 Å². The first-order chi connectivity index (χ1) is 9.88. The van der Waals surface area contributed by atoms with Crippen LogP contribution in [0.1, 0.15) is 18.4 Å². The van der Waals surface area contributed by atoms with Crippen molar-refractivity contribution in [1.82, 2.24) is 4.90 Å². The SMILES string of the molecule is Cc1ccc(OCCN(C)CC2(O)CC(C(=O)O)C2)cc1. The number of benzene rings is 1. The number of hydrogen-bond acceptors (Lipinski definition) is 4. The molecule has 0 aliphatic heterocycles. The van der Waals surface area contributed by atoms with Crippen LogP contribution >= 0.6 is 0 Å². The summed E-state index contributed by atoms with van der Waals surface area (Å²) >= 11 is 0. The predicted molar refractivity (Wildman–Crippen MR) is 79.5 cm³/mol. The summed E-state index contributed by atoms with van der Waals surface area (Å²) in [4.78, 5) is 12.7. The second-order valence-electron chi connectivity index (χ2n) is 6.07. The minimum absolute atomic E-state index is 0.339. The van der Waals surface area contributed by atoms with Crippen LogP contribution in [0.5, 0.6) is 5.75 Å². The lowest BCUT2D eigenvalue weighted by molar-refractivity contribution is -0.160. The Balaban J connectivity index is 1.67. The van der Waals surface area contributed by atoms with Gasteiger partial charge in [0.25, 0.3) is 0 Å². The minimum Gasteiger partial charge on any atom is -0.492 e. The van der Waals surface area contributed by atoms with Gasteiger partial charge in [-0.3, -0.25) is 4.79 Å². The molecule has 116 valence electrons. The third kappa shape index (κ3) is 4.44. The number of carboxylic acids is 1. The van der Waals surface area contributed by atoms with E-state index in [1.807, 2.05) is 43.1 Å². The topological polar surface area (TPSA) is 70.0 Å². The summed E-state index contributed by atoms with van der Waals surface area (Å²) in [5, 5.41) is 19.0. The molecule has 1 aromatic carbocycles. The van der Waals surface area contributed by atoms with Crippen molar-refractivity contribution >= 4 is 5.97 Å². The lowest BCUT2D eigenvalue weighted by Crippen LogP contribution is -2.53. The zero-order chi connectivity index (χ0) is 15.5. The minimum atomic E-state index is -0.859. The first kappa shape index (κ1) is 15.8. The molecule has 2 N–H and O–H groups in total. The molecule has 0 amide bonds. The van der Waals surface area contributed by atoms with Crippen molar-refractivity contribution in [3.8, 4) is 5.75 Å². The molecule has 1 aliphatic rings. The third-order valence-corrected chi connectivity index (χ3v) is 3.93. The number of ether oxygens (including phenoxy) is 1. The van der Waals surface area contributed by atoms with E-state index in [9.17, 15) is 9.90 Å². The normalized spacial score (nSPS) is 24.7. The summed E-state index contributed by atoms with van der Waals surface area (Å²) in [5.41, 5.74) is 0.335. The summed E-state index contributed by atoms with van der Waals surface area (Å²) in [6.45, 7) is 3.74. The molecular formula is C16H23NO4. The Morgan fingerprint density at radius 1 is 1.38 bits per heavy atom. The van der Waals surface area contributed by atoms with Crippen LogP contribution in [-0.4, -0.2) is 53.4 Å². The van der Waals surface area contributed by atoms with Gasteiger partial charge in [-0.2, -0.15) is 0 Å². The fourth-order valence-corrected chi connectivity index (χ4v) is 2.70. The van der Waals surface area contributed by atoms with E-state index >= 15 is 0 Å². The Labute approximate surface area is 125 Å². The van der Waals surface area contributed by atoms with E-state index < -0.39 is 17.5 Å². The van der Waals surface area contributed by atoms with Crippen LogP contribution in [0.3, 0.4) is 0 Å². The van der Waals surface area contributed by atoms with Crippen LogP contribution in [-0.2, 0) is 4.79 Å². The molecule has 2 rings (SSSR count). The van der Waals surface area contributed by atoms with E-state index in [1.165, 1.54) is 5.56 Å². The molecule has 0 heterocycles. The van der Waals surface area contributed by atoms with Gasteiger partial charge in [0.1, 0.15) is 12.4 Å². The van der Waals surface area contributed by atoms with Gasteiger partial charge in [0, 0.05) is 13.1 Å². The molecule has 0 saturated heterocycles. The van der Waals surface area contributed by atoms with Gasteiger partial charge < -0.3 is 19.8 Å². The number of carbonyl (C=O) groups is 1. The maximum Gasteiger partial charge on any atom is 0.306 e. The molecule has 1 aromatic rings. The molecule has 1 saturated carbocycles. The van der Waals surface area contributed by atoms with Crippen molar-refractivity contribution in [2.45, 2.75) is 25.4 Å². The van der Waals surface area contributed by atoms with Gasteiger partial charge >= 0.3 is 5.97 Å². The Kier molecular flexibility index (Phi) is 4.85. The van der Waals surface area contributed by atoms with Crippen LogP contribution < -0.4 is 4.74 Å². The van der Waals surface area contributed by atoms with Gasteiger partial charge in [0.05, 0.1) is 11.5 Å². The van der Waals surface area contributed by atoms with E-state index in [2.05, 4.69) is 0 Å². The van der Waals surface area contributed by atoms with E-state index in [0.29, 0.717) is 32.5 Å². The lowest BCUT2D eigenvalue weighted by atomic mass is 9.70. The number of rotatable bonds is 7. The molecule has 21 heavy (non-hydrogen) atoms. The fourth-order valence-electron chi connectivity index (χ4n) is 2.70. The van der Waals surface area contributed by atoms with E-state index in [1.54, 1.807) is 0 Å². The number of aliphatic hydroxyl groups is 1. The van der Waals surface area contributed by atoms with Crippen LogP contribution in [0.2, 0.25) is 0 Å². The first-order valence-corrected chi connectivity index (χ1v) is 7.21. The van der Waals surface area contributed by atoms with Gasteiger partial charge in [-0.05, 0) is 38.9 Å². The molecule has 0 bridgehead atoms. The fraction of sp³-hybridized carbons (Fsp3) is 0.562. The number of hydrogen-bond donors (Lipinski definition) is 2. The van der Waals surface area contributed by atoms with Crippen LogP contribution in [0, 0.1) is 12.8 Å².